The van der Waals surface area contributed by atoms with Gasteiger partial charge in [0.25, 0.3) is 0 Å². The Morgan fingerprint density at radius 1 is 1.60 bits per heavy atom. The number of carboxylic acid groups (broad SMARTS) is 1. The van der Waals surface area contributed by atoms with Gasteiger partial charge in [0.2, 0.25) is 0 Å². The zero-order chi connectivity index (χ0) is 11.3. The lowest BCUT2D eigenvalue weighted by Crippen LogP contribution is -2.52. The van der Waals surface area contributed by atoms with Gasteiger partial charge in [-0.25, -0.2) is 0 Å². The Balaban J connectivity index is 2.36. The standard InChI is InChI=1S/C10H19NO4/c1-3-10(2,9(12)13)11-6-8-7-14-4-5-15-8/h8,11H,3-7H2,1-2H3,(H,12,13). The van der Waals surface area contributed by atoms with E-state index in [1.807, 2.05) is 6.92 Å². The van der Waals surface area contributed by atoms with E-state index in [1.165, 1.54) is 0 Å². The first-order valence-corrected chi connectivity index (χ1v) is 5.26. The number of nitrogens with one attached hydrogen (secondary N) is 1. The minimum absolute atomic E-state index is 0.0380. The van der Waals surface area contributed by atoms with Gasteiger partial charge in [0, 0.05) is 6.54 Å². The Hall–Kier alpha value is -0.650. The number of carboxylic acids is 1. The average Bonchev–Trinajstić information content (AvgIpc) is 2.27. The van der Waals surface area contributed by atoms with Gasteiger partial charge >= 0.3 is 5.97 Å². The van der Waals surface area contributed by atoms with Crippen LogP contribution in [0.15, 0.2) is 0 Å². The molecular formula is C10H19NO4. The zero-order valence-corrected chi connectivity index (χ0v) is 9.28. The quantitative estimate of drug-likeness (QED) is 0.690. The van der Waals surface area contributed by atoms with Gasteiger partial charge in [-0.1, -0.05) is 6.92 Å². The maximum Gasteiger partial charge on any atom is 0.323 e. The number of aliphatic carboxylic acids is 1. The summed E-state index contributed by atoms with van der Waals surface area (Å²) < 4.78 is 10.6. The summed E-state index contributed by atoms with van der Waals surface area (Å²) in [6.45, 7) is 5.78. The first-order chi connectivity index (χ1) is 7.08. The molecule has 0 aromatic carbocycles. The second-order valence-electron chi connectivity index (χ2n) is 3.94. The molecule has 88 valence electrons. The monoisotopic (exact) mass is 217 g/mol. The van der Waals surface area contributed by atoms with Crippen molar-refractivity contribution in [1.82, 2.24) is 5.32 Å². The van der Waals surface area contributed by atoms with E-state index in [0.29, 0.717) is 32.8 Å². The maximum absolute atomic E-state index is 11.0. The predicted octanol–water partition coefficient (Wildman–Crippen LogP) is 0.245. The van der Waals surface area contributed by atoms with E-state index in [0.717, 1.165) is 0 Å². The molecule has 1 heterocycles. The molecular weight excluding hydrogens is 198 g/mol. The summed E-state index contributed by atoms with van der Waals surface area (Å²) in [5.41, 5.74) is -0.874. The third kappa shape index (κ3) is 3.44. The van der Waals surface area contributed by atoms with E-state index >= 15 is 0 Å². The topological polar surface area (TPSA) is 67.8 Å². The van der Waals surface area contributed by atoms with Crippen molar-refractivity contribution >= 4 is 5.97 Å². The SMILES string of the molecule is CCC(C)(NCC1COCCO1)C(=O)O. The number of ether oxygens (including phenoxy) is 2. The summed E-state index contributed by atoms with van der Waals surface area (Å²) >= 11 is 0. The van der Waals surface area contributed by atoms with Crippen LogP contribution in [0.5, 0.6) is 0 Å². The lowest BCUT2D eigenvalue weighted by atomic mass is 9.99. The Morgan fingerprint density at radius 3 is 2.80 bits per heavy atom. The third-order valence-corrected chi connectivity index (χ3v) is 2.78. The first kappa shape index (κ1) is 12.4. The molecule has 1 rings (SSSR count). The van der Waals surface area contributed by atoms with E-state index in [9.17, 15) is 4.79 Å². The van der Waals surface area contributed by atoms with E-state index in [1.54, 1.807) is 6.92 Å². The predicted molar refractivity (Wildman–Crippen MR) is 54.9 cm³/mol. The second-order valence-corrected chi connectivity index (χ2v) is 3.94. The molecule has 15 heavy (non-hydrogen) atoms. The van der Waals surface area contributed by atoms with Gasteiger partial charge in [-0.2, -0.15) is 0 Å². The summed E-state index contributed by atoms with van der Waals surface area (Å²) in [5, 5.41) is 12.0. The highest BCUT2D eigenvalue weighted by atomic mass is 16.6. The fraction of sp³-hybridized carbons (Fsp3) is 0.900. The summed E-state index contributed by atoms with van der Waals surface area (Å²) in [6.07, 6.45) is 0.500. The molecule has 1 saturated heterocycles. The third-order valence-electron chi connectivity index (χ3n) is 2.78. The molecule has 1 aliphatic rings. The Labute approximate surface area is 89.8 Å². The largest absolute Gasteiger partial charge is 0.480 e. The minimum Gasteiger partial charge on any atom is -0.480 e. The average molecular weight is 217 g/mol. The molecule has 2 atom stereocenters. The van der Waals surface area contributed by atoms with Crippen LogP contribution in [0, 0.1) is 0 Å². The number of hydrogen-bond acceptors (Lipinski definition) is 4. The first-order valence-electron chi connectivity index (χ1n) is 5.26. The van der Waals surface area contributed by atoms with Crippen molar-refractivity contribution in [1.29, 1.82) is 0 Å². The molecule has 1 aliphatic heterocycles. The van der Waals surface area contributed by atoms with Crippen LogP contribution >= 0.6 is 0 Å². The van der Waals surface area contributed by atoms with E-state index in [2.05, 4.69) is 5.32 Å². The van der Waals surface area contributed by atoms with Crippen molar-refractivity contribution < 1.29 is 19.4 Å². The maximum atomic E-state index is 11.0. The van der Waals surface area contributed by atoms with Crippen LogP contribution in [0.1, 0.15) is 20.3 Å². The lowest BCUT2D eigenvalue weighted by molar-refractivity contribution is -0.145. The summed E-state index contributed by atoms with van der Waals surface area (Å²) in [5.74, 6) is -0.832. The molecule has 0 spiro atoms. The molecule has 0 bridgehead atoms. The molecule has 0 aromatic rings. The summed E-state index contributed by atoms with van der Waals surface area (Å²) in [6, 6.07) is 0. The van der Waals surface area contributed by atoms with Gasteiger partial charge in [0.05, 0.1) is 25.9 Å². The second kappa shape index (κ2) is 5.44. The number of hydrogen-bond donors (Lipinski definition) is 2. The van der Waals surface area contributed by atoms with Crippen molar-refractivity contribution in [3.05, 3.63) is 0 Å². The van der Waals surface area contributed by atoms with Gasteiger partial charge in [-0.3, -0.25) is 10.1 Å². The van der Waals surface area contributed by atoms with Crippen LogP contribution < -0.4 is 5.32 Å². The van der Waals surface area contributed by atoms with Crippen molar-refractivity contribution in [3.8, 4) is 0 Å². The molecule has 0 radical (unpaired) electrons. The van der Waals surface area contributed by atoms with Crippen LogP contribution in [0.2, 0.25) is 0 Å². The van der Waals surface area contributed by atoms with Gasteiger partial charge in [-0.15, -0.1) is 0 Å². The summed E-state index contributed by atoms with van der Waals surface area (Å²) in [4.78, 5) is 11.0. The molecule has 0 aromatic heterocycles. The molecule has 5 nitrogen and oxygen atoms in total. The van der Waals surface area contributed by atoms with Crippen LogP contribution in [-0.2, 0) is 14.3 Å². The van der Waals surface area contributed by atoms with Gasteiger partial charge < -0.3 is 14.6 Å². The molecule has 1 fully saturated rings. The summed E-state index contributed by atoms with van der Waals surface area (Å²) in [7, 11) is 0. The van der Waals surface area contributed by atoms with Crippen LogP contribution in [0.4, 0.5) is 0 Å². The van der Waals surface area contributed by atoms with Crippen molar-refractivity contribution in [2.75, 3.05) is 26.4 Å². The number of rotatable bonds is 5. The highest BCUT2D eigenvalue weighted by molar-refractivity contribution is 5.78. The highest BCUT2D eigenvalue weighted by Gasteiger charge is 2.31. The fourth-order valence-corrected chi connectivity index (χ4v) is 1.35. The molecule has 0 amide bonds. The smallest absolute Gasteiger partial charge is 0.323 e. The normalized spacial score (nSPS) is 25.9. The lowest BCUT2D eigenvalue weighted by Gasteiger charge is -2.29. The fourth-order valence-electron chi connectivity index (χ4n) is 1.35. The van der Waals surface area contributed by atoms with E-state index in [4.69, 9.17) is 14.6 Å². The zero-order valence-electron chi connectivity index (χ0n) is 9.28. The van der Waals surface area contributed by atoms with Crippen LogP contribution in [0.3, 0.4) is 0 Å². The molecule has 5 heteroatoms. The van der Waals surface area contributed by atoms with E-state index in [-0.39, 0.29) is 6.10 Å². The van der Waals surface area contributed by atoms with Crippen LogP contribution in [0.25, 0.3) is 0 Å². The highest BCUT2D eigenvalue weighted by Crippen LogP contribution is 2.10. The van der Waals surface area contributed by atoms with Crippen LogP contribution in [-0.4, -0.2) is 49.1 Å². The van der Waals surface area contributed by atoms with Gasteiger partial charge in [0.1, 0.15) is 5.54 Å². The van der Waals surface area contributed by atoms with Crippen molar-refractivity contribution in [3.63, 3.8) is 0 Å². The minimum atomic E-state index is -0.874. The molecule has 2 unspecified atom stereocenters. The number of carbonyl (C=O) groups is 1. The van der Waals surface area contributed by atoms with Crippen molar-refractivity contribution in [2.45, 2.75) is 31.9 Å². The molecule has 0 aliphatic carbocycles. The van der Waals surface area contributed by atoms with Gasteiger partial charge in [0.15, 0.2) is 0 Å². The molecule has 2 N–H and O–H groups in total. The Morgan fingerprint density at radius 2 is 2.33 bits per heavy atom. The van der Waals surface area contributed by atoms with Crippen molar-refractivity contribution in [2.24, 2.45) is 0 Å². The Bertz CT molecular complexity index is 215. The molecule has 0 saturated carbocycles. The van der Waals surface area contributed by atoms with Gasteiger partial charge in [-0.05, 0) is 13.3 Å². The Kier molecular flexibility index (Phi) is 4.50. The van der Waals surface area contributed by atoms with E-state index < -0.39 is 11.5 Å².